The number of carbonyl (C=O) groups excluding carboxylic acids is 1. The zero-order valence-corrected chi connectivity index (χ0v) is 14.3. The summed E-state index contributed by atoms with van der Waals surface area (Å²) in [6, 6.07) is 7.31. The summed E-state index contributed by atoms with van der Waals surface area (Å²) in [5.41, 5.74) is 0. The van der Waals surface area contributed by atoms with Crippen LogP contribution in [-0.2, 0) is 4.79 Å². The van der Waals surface area contributed by atoms with Gasteiger partial charge in [-0.3, -0.25) is 4.79 Å². The van der Waals surface area contributed by atoms with Crippen LogP contribution in [0.3, 0.4) is 0 Å². The minimum atomic E-state index is -0.555. The van der Waals surface area contributed by atoms with Gasteiger partial charge in [0, 0.05) is 17.0 Å². The molecule has 1 N–H and O–H groups in total. The lowest BCUT2D eigenvalue weighted by Crippen LogP contribution is -2.37. The third-order valence-corrected chi connectivity index (χ3v) is 3.95. The maximum atomic E-state index is 12.0. The molecule has 1 aromatic rings. The van der Waals surface area contributed by atoms with Crippen LogP contribution in [0.25, 0.3) is 0 Å². The number of carbonyl (C=O) groups is 1. The predicted octanol–water partition coefficient (Wildman–Crippen LogP) is 3.11. The Bertz CT molecular complexity index is 457. The fraction of sp³-hybridized carbons (Fsp3) is 0.562. The first-order chi connectivity index (χ1) is 9.83. The number of hydrogen-bond acceptors (Lipinski definition) is 4. The maximum absolute atomic E-state index is 12.0. The molecule has 4 nitrogen and oxygen atoms in total. The van der Waals surface area contributed by atoms with E-state index in [-0.39, 0.29) is 10.7 Å². The van der Waals surface area contributed by atoms with Crippen LogP contribution in [0.4, 0.5) is 0 Å². The first-order valence-corrected chi connectivity index (χ1v) is 8.03. The van der Waals surface area contributed by atoms with Crippen LogP contribution < -0.4 is 14.8 Å². The Morgan fingerprint density at radius 3 is 2.48 bits per heavy atom. The second-order valence-corrected chi connectivity index (χ2v) is 7.58. The van der Waals surface area contributed by atoms with E-state index in [1.807, 2.05) is 23.9 Å². The van der Waals surface area contributed by atoms with Crippen molar-refractivity contribution in [3.05, 3.63) is 24.3 Å². The standard InChI is InChI=1S/C16H25NO3S/c1-12(15(18)17-10-11-21-16(2,3)4)20-14-9-7-6-8-13(14)19-5/h6-9,12H,10-11H2,1-5H3,(H,17,18). The third-order valence-electron chi connectivity index (χ3n) is 2.68. The van der Waals surface area contributed by atoms with Crippen molar-refractivity contribution < 1.29 is 14.3 Å². The second-order valence-electron chi connectivity index (χ2n) is 5.66. The molecular weight excluding hydrogens is 286 g/mol. The van der Waals surface area contributed by atoms with Gasteiger partial charge in [0.05, 0.1) is 7.11 Å². The summed E-state index contributed by atoms with van der Waals surface area (Å²) in [7, 11) is 1.58. The van der Waals surface area contributed by atoms with E-state index in [9.17, 15) is 4.79 Å². The van der Waals surface area contributed by atoms with Gasteiger partial charge in [-0.25, -0.2) is 0 Å². The number of benzene rings is 1. The topological polar surface area (TPSA) is 47.6 Å². The Morgan fingerprint density at radius 1 is 1.29 bits per heavy atom. The second kappa shape index (κ2) is 8.17. The van der Waals surface area contributed by atoms with Gasteiger partial charge < -0.3 is 14.8 Å². The lowest BCUT2D eigenvalue weighted by molar-refractivity contribution is -0.127. The molecule has 118 valence electrons. The van der Waals surface area contributed by atoms with Gasteiger partial charge in [-0.05, 0) is 19.1 Å². The van der Waals surface area contributed by atoms with Crippen molar-refractivity contribution in [1.82, 2.24) is 5.32 Å². The predicted molar refractivity (Wildman–Crippen MR) is 88.3 cm³/mol. The summed E-state index contributed by atoms with van der Waals surface area (Å²) in [6.45, 7) is 8.85. The lowest BCUT2D eigenvalue weighted by atomic mass is 10.3. The van der Waals surface area contributed by atoms with Gasteiger partial charge in [0.2, 0.25) is 0 Å². The molecule has 0 saturated carbocycles. The molecule has 0 aliphatic carbocycles. The average Bonchev–Trinajstić information content (AvgIpc) is 2.42. The zero-order valence-electron chi connectivity index (χ0n) is 13.4. The van der Waals surface area contributed by atoms with Gasteiger partial charge in [-0.1, -0.05) is 32.9 Å². The normalized spacial score (nSPS) is 12.6. The molecule has 1 amide bonds. The van der Waals surface area contributed by atoms with E-state index in [1.165, 1.54) is 0 Å². The van der Waals surface area contributed by atoms with Crippen LogP contribution in [0.5, 0.6) is 11.5 Å². The molecule has 1 rings (SSSR count). The van der Waals surface area contributed by atoms with Gasteiger partial charge in [-0.15, -0.1) is 0 Å². The first kappa shape index (κ1) is 17.7. The summed E-state index contributed by atoms with van der Waals surface area (Å²) < 4.78 is 11.1. The molecule has 0 heterocycles. The molecule has 0 fully saturated rings. The number of hydrogen-bond donors (Lipinski definition) is 1. The quantitative estimate of drug-likeness (QED) is 0.786. The van der Waals surface area contributed by atoms with Gasteiger partial charge in [-0.2, -0.15) is 11.8 Å². The van der Waals surface area contributed by atoms with Crippen LogP contribution >= 0.6 is 11.8 Å². The number of methoxy groups -OCH3 is 1. The summed E-state index contributed by atoms with van der Waals surface area (Å²) >= 11 is 1.82. The van der Waals surface area contributed by atoms with Crippen LogP contribution in [0.2, 0.25) is 0 Å². The Hall–Kier alpha value is -1.36. The summed E-state index contributed by atoms with van der Waals surface area (Å²) in [5, 5.41) is 2.89. The number of para-hydroxylation sites is 2. The molecule has 0 aromatic heterocycles. The highest BCUT2D eigenvalue weighted by Gasteiger charge is 2.16. The van der Waals surface area contributed by atoms with E-state index in [4.69, 9.17) is 9.47 Å². The zero-order chi connectivity index (χ0) is 15.9. The molecule has 1 aromatic carbocycles. The van der Waals surface area contributed by atoms with Crippen molar-refractivity contribution in [3.63, 3.8) is 0 Å². The number of amides is 1. The van der Waals surface area contributed by atoms with Gasteiger partial charge >= 0.3 is 0 Å². The smallest absolute Gasteiger partial charge is 0.260 e. The SMILES string of the molecule is COc1ccccc1OC(C)C(=O)NCCSC(C)(C)C. The molecule has 0 aliphatic heterocycles. The molecule has 1 unspecified atom stereocenters. The molecule has 1 atom stereocenters. The minimum absolute atomic E-state index is 0.115. The Morgan fingerprint density at radius 2 is 1.90 bits per heavy atom. The van der Waals surface area contributed by atoms with Gasteiger partial charge in [0.1, 0.15) is 0 Å². The van der Waals surface area contributed by atoms with Crippen LogP contribution in [0.15, 0.2) is 24.3 Å². The molecule has 0 saturated heterocycles. The third kappa shape index (κ3) is 6.76. The molecule has 0 radical (unpaired) electrons. The van der Waals surface area contributed by atoms with Crippen molar-refractivity contribution in [1.29, 1.82) is 0 Å². The molecule has 5 heteroatoms. The van der Waals surface area contributed by atoms with Crippen molar-refractivity contribution in [2.45, 2.75) is 38.5 Å². The van der Waals surface area contributed by atoms with Gasteiger partial charge in [0.15, 0.2) is 17.6 Å². The van der Waals surface area contributed by atoms with Crippen molar-refractivity contribution in [2.75, 3.05) is 19.4 Å². The highest BCUT2D eigenvalue weighted by Crippen LogP contribution is 2.26. The number of ether oxygens (including phenoxy) is 2. The molecular formula is C16H25NO3S. The Kier molecular flexibility index (Phi) is 6.89. The largest absolute Gasteiger partial charge is 0.493 e. The van der Waals surface area contributed by atoms with Gasteiger partial charge in [0.25, 0.3) is 5.91 Å². The van der Waals surface area contributed by atoms with E-state index in [0.29, 0.717) is 18.0 Å². The van der Waals surface area contributed by atoms with E-state index >= 15 is 0 Å². The average molecular weight is 311 g/mol. The summed E-state index contributed by atoms with van der Waals surface area (Å²) in [4.78, 5) is 12.0. The highest BCUT2D eigenvalue weighted by molar-refractivity contribution is 8.00. The first-order valence-electron chi connectivity index (χ1n) is 7.05. The number of rotatable bonds is 7. The van der Waals surface area contributed by atoms with Crippen molar-refractivity contribution in [2.24, 2.45) is 0 Å². The molecule has 0 bridgehead atoms. The van der Waals surface area contributed by atoms with E-state index in [1.54, 1.807) is 26.2 Å². The highest BCUT2D eigenvalue weighted by atomic mass is 32.2. The maximum Gasteiger partial charge on any atom is 0.260 e. The Labute approximate surface area is 131 Å². The minimum Gasteiger partial charge on any atom is -0.493 e. The lowest BCUT2D eigenvalue weighted by Gasteiger charge is -2.19. The Balaban J connectivity index is 2.41. The molecule has 21 heavy (non-hydrogen) atoms. The van der Waals surface area contributed by atoms with Crippen molar-refractivity contribution in [3.8, 4) is 11.5 Å². The number of thioether (sulfide) groups is 1. The summed E-state index contributed by atoms with van der Waals surface area (Å²) in [6.07, 6.45) is -0.555. The fourth-order valence-electron chi connectivity index (χ4n) is 1.64. The van der Waals surface area contributed by atoms with Crippen molar-refractivity contribution >= 4 is 17.7 Å². The fourth-order valence-corrected chi connectivity index (χ4v) is 2.45. The number of nitrogens with one attached hydrogen (secondary N) is 1. The van der Waals surface area contributed by atoms with Crippen LogP contribution in [-0.4, -0.2) is 36.2 Å². The molecule has 0 spiro atoms. The van der Waals surface area contributed by atoms with E-state index in [2.05, 4.69) is 26.1 Å². The molecule has 0 aliphatic rings. The van der Waals surface area contributed by atoms with E-state index < -0.39 is 6.10 Å². The van der Waals surface area contributed by atoms with Crippen LogP contribution in [0.1, 0.15) is 27.7 Å². The summed E-state index contributed by atoms with van der Waals surface area (Å²) in [5.74, 6) is 1.97. The van der Waals surface area contributed by atoms with Crippen LogP contribution in [0, 0.1) is 0 Å². The monoisotopic (exact) mass is 311 g/mol. The van der Waals surface area contributed by atoms with E-state index in [0.717, 1.165) is 5.75 Å².